The Morgan fingerprint density at radius 2 is 1.67 bits per heavy atom. The number of carbonyl (C=O) groups excluding carboxylic acids is 1. The third-order valence-corrected chi connectivity index (χ3v) is 5.21. The Morgan fingerprint density at radius 3 is 2.24 bits per heavy atom. The molecule has 0 aliphatic heterocycles. The lowest BCUT2D eigenvalue weighted by molar-refractivity contribution is -0.140. The van der Waals surface area contributed by atoms with E-state index in [2.05, 4.69) is 5.32 Å². The van der Waals surface area contributed by atoms with Gasteiger partial charge < -0.3 is 15.3 Å². The van der Waals surface area contributed by atoms with E-state index in [-0.39, 0.29) is 18.5 Å². The summed E-state index contributed by atoms with van der Waals surface area (Å²) in [6.45, 7) is 0. The van der Waals surface area contributed by atoms with Crippen LogP contribution in [0.3, 0.4) is 0 Å². The number of carboxylic acids is 1. The van der Waals surface area contributed by atoms with Gasteiger partial charge in [-0.1, -0.05) is 38.5 Å². The Kier molecular flexibility index (Phi) is 5.48. The Morgan fingerprint density at radius 1 is 1.10 bits per heavy atom. The fourth-order valence-electron chi connectivity index (χ4n) is 3.86. The van der Waals surface area contributed by atoms with Crippen LogP contribution in [-0.4, -0.2) is 40.6 Å². The summed E-state index contributed by atoms with van der Waals surface area (Å²) in [5, 5.41) is 12.3. The lowest BCUT2D eigenvalue weighted by Gasteiger charge is -2.44. The van der Waals surface area contributed by atoms with Crippen LogP contribution >= 0.6 is 0 Å². The van der Waals surface area contributed by atoms with E-state index in [9.17, 15) is 14.7 Å². The van der Waals surface area contributed by atoms with Crippen molar-refractivity contribution in [3.05, 3.63) is 0 Å². The third-order valence-electron chi connectivity index (χ3n) is 5.21. The van der Waals surface area contributed by atoms with Crippen LogP contribution in [0.4, 0.5) is 4.79 Å². The number of carboxylic acid groups (broad SMARTS) is 1. The number of carbonyl (C=O) groups is 2. The van der Waals surface area contributed by atoms with E-state index in [0.29, 0.717) is 0 Å². The van der Waals surface area contributed by atoms with Gasteiger partial charge in [-0.3, -0.25) is 4.79 Å². The maximum Gasteiger partial charge on any atom is 0.317 e. The quantitative estimate of drug-likeness (QED) is 0.837. The smallest absolute Gasteiger partial charge is 0.317 e. The predicted molar refractivity (Wildman–Crippen MR) is 81.2 cm³/mol. The summed E-state index contributed by atoms with van der Waals surface area (Å²) in [5.74, 6) is -0.811. The largest absolute Gasteiger partial charge is 0.481 e. The minimum absolute atomic E-state index is 0.0571. The van der Waals surface area contributed by atoms with Gasteiger partial charge in [0, 0.05) is 13.1 Å². The molecule has 0 heterocycles. The number of amides is 2. The van der Waals surface area contributed by atoms with Crippen LogP contribution in [0.5, 0.6) is 0 Å². The summed E-state index contributed by atoms with van der Waals surface area (Å²) in [6.07, 6.45) is 10.5. The highest BCUT2D eigenvalue weighted by atomic mass is 16.4. The molecule has 5 nitrogen and oxygen atoms in total. The van der Waals surface area contributed by atoms with Gasteiger partial charge in [0.2, 0.25) is 0 Å². The molecule has 2 rings (SSSR count). The molecule has 0 aromatic heterocycles. The van der Waals surface area contributed by atoms with Crippen molar-refractivity contribution in [3.8, 4) is 0 Å². The molecule has 120 valence electrons. The van der Waals surface area contributed by atoms with E-state index < -0.39 is 11.5 Å². The molecule has 0 aromatic carbocycles. The second kappa shape index (κ2) is 7.14. The standard InChI is InChI=1S/C16H28N2O3/c1-18(15(21)17-13-8-4-2-5-9-13)16(12-14(19)20)10-6-3-7-11-16/h13H,2-12H2,1H3,(H,17,21)(H,19,20). The molecule has 5 heteroatoms. The Bertz CT molecular complexity index is 372. The fraction of sp³-hybridized carbons (Fsp3) is 0.875. The first-order chi connectivity index (χ1) is 10.0. The topological polar surface area (TPSA) is 69.6 Å². The minimum Gasteiger partial charge on any atom is -0.481 e. The summed E-state index contributed by atoms with van der Waals surface area (Å²) in [6, 6.07) is 0.171. The molecule has 0 saturated heterocycles. The lowest BCUT2D eigenvalue weighted by atomic mass is 9.78. The van der Waals surface area contributed by atoms with Gasteiger partial charge in [0.05, 0.1) is 12.0 Å². The van der Waals surface area contributed by atoms with Gasteiger partial charge >= 0.3 is 12.0 Å². The van der Waals surface area contributed by atoms with E-state index in [4.69, 9.17) is 0 Å². The van der Waals surface area contributed by atoms with Crippen LogP contribution in [-0.2, 0) is 4.79 Å². The van der Waals surface area contributed by atoms with Crippen LogP contribution < -0.4 is 5.32 Å². The second-order valence-corrected chi connectivity index (χ2v) is 6.70. The van der Waals surface area contributed by atoms with Gasteiger partial charge in [-0.05, 0) is 25.7 Å². The zero-order chi connectivity index (χ0) is 15.3. The average molecular weight is 296 g/mol. The first kappa shape index (κ1) is 16.1. The van der Waals surface area contributed by atoms with Crippen LogP contribution in [0.15, 0.2) is 0 Å². The summed E-state index contributed by atoms with van der Waals surface area (Å²) in [4.78, 5) is 25.4. The normalized spacial score (nSPS) is 22.5. The SMILES string of the molecule is CN(C(=O)NC1CCCCC1)C1(CC(=O)O)CCCCC1. The summed E-state index contributed by atoms with van der Waals surface area (Å²) >= 11 is 0. The number of aliphatic carboxylic acids is 1. The Balaban J connectivity index is 2.00. The van der Waals surface area contributed by atoms with E-state index in [0.717, 1.165) is 44.9 Å². The first-order valence-electron chi connectivity index (χ1n) is 8.30. The molecule has 0 spiro atoms. The van der Waals surface area contributed by atoms with E-state index in [1.54, 1.807) is 11.9 Å². The monoisotopic (exact) mass is 296 g/mol. The zero-order valence-corrected chi connectivity index (χ0v) is 13.1. The molecule has 0 radical (unpaired) electrons. The molecular weight excluding hydrogens is 268 g/mol. The van der Waals surface area contributed by atoms with Crippen molar-refractivity contribution in [1.29, 1.82) is 0 Å². The van der Waals surface area contributed by atoms with Gasteiger partial charge in [0.1, 0.15) is 0 Å². The van der Waals surface area contributed by atoms with Crippen molar-refractivity contribution in [2.45, 2.75) is 82.2 Å². The lowest BCUT2D eigenvalue weighted by Crippen LogP contribution is -2.56. The van der Waals surface area contributed by atoms with E-state index in [1.807, 2.05) is 0 Å². The fourth-order valence-corrected chi connectivity index (χ4v) is 3.86. The molecule has 2 aliphatic carbocycles. The van der Waals surface area contributed by atoms with Crippen molar-refractivity contribution >= 4 is 12.0 Å². The molecular formula is C16H28N2O3. The summed E-state index contributed by atoms with van der Waals surface area (Å²) in [7, 11) is 1.77. The number of rotatable bonds is 4. The number of urea groups is 1. The Labute approximate surface area is 127 Å². The summed E-state index contributed by atoms with van der Waals surface area (Å²) in [5.41, 5.74) is -0.497. The van der Waals surface area contributed by atoms with Crippen LogP contribution in [0, 0.1) is 0 Å². The number of nitrogens with one attached hydrogen (secondary N) is 1. The van der Waals surface area contributed by atoms with Crippen molar-refractivity contribution in [2.75, 3.05) is 7.05 Å². The van der Waals surface area contributed by atoms with Crippen molar-refractivity contribution in [3.63, 3.8) is 0 Å². The molecule has 2 N–H and O–H groups in total. The molecule has 2 aliphatic rings. The highest BCUT2D eigenvalue weighted by Gasteiger charge is 2.40. The maximum absolute atomic E-state index is 12.5. The van der Waals surface area contributed by atoms with Crippen molar-refractivity contribution < 1.29 is 14.7 Å². The van der Waals surface area contributed by atoms with Gasteiger partial charge in [-0.2, -0.15) is 0 Å². The second-order valence-electron chi connectivity index (χ2n) is 6.70. The van der Waals surface area contributed by atoms with Crippen molar-refractivity contribution in [2.24, 2.45) is 0 Å². The number of nitrogens with zero attached hydrogens (tertiary/aromatic N) is 1. The molecule has 2 saturated carbocycles. The average Bonchev–Trinajstić information content (AvgIpc) is 2.47. The minimum atomic E-state index is -0.811. The number of hydrogen-bond donors (Lipinski definition) is 2. The van der Waals surface area contributed by atoms with E-state index in [1.165, 1.54) is 19.3 Å². The Hall–Kier alpha value is -1.26. The molecule has 2 fully saturated rings. The van der Waals surface area contributed by atoms with E-state index >= 15 is 0 Å². The van der Waals surface area contributed by atoms with Crippen LogP contribution in [0.1, 0.15) is 70.6 Å². The molecule has 0 atom stereocenters. The molecule has 0 aromatic rings. The van der Waals surface area contributed by atoms with Crippen molar-refractivity contribution in [1.82, 2.24) is 10.2 Å². The van der Waals surface area contributed by atoms with Crippen LogP contribution in [0.25, 0.3) is 0 Å². The molecule has 0 unspecified atom stereocenters. The molecule has 2 amide bonds. The number of hydrogen-bond acceptors (Lipinski definition) is 2. The third kappa shape index (κ3) is 4.11. The molecule has 0 bridgehead atoms. The zero-order valence-electron chi connectivity index (χ0n) is 13.1. The van der Waals surface area contributed by atoms with Gasteiger partial charge in [-0.15, -0.1) is 0 Å². The van der Waals surface area contributed by atoms with Gasteiger partial charge in [-0.25, -0.2) is 4.79 Å². The van der Waals surface area contributed by atoms with Gasteiger partial charge in [0.25, 0.3) is 0 Å². The highest BCUT2D eigenvalue weighted by molar-refractivity contribution is 5.77. The molecule has 21 heavy (non-hydrogen) atoms. The first-order valence-corrected chi connectivity index (χ1v) is 8.30. The van der Waals surface area contributed by atoms with Crippen LogP contribution in [0.2, 0.25) is 0 Å². The maximum atomic E-state index is 12.5. The predicted octanol–water partition coefficient (Wildman–Crippen LogP) is 3.14. The highest BCUT2D eigenvalue weighted by Crippen LogP contribution is 2.36. The van der Waals surface area contributed by atoms with Gasteiger partial charge in [0.15, 0.2) is 0 Å². The summed E-state index contributed by atoms with van der Waals surface area (Å²) < 4.78 is 0.